The van der Waals surface area contributed by atoms with Gasteiger partial charge in [0.15, 0.2) is 0 Å². The summed E-state index contributed by atoms with van der Waals surface area (Å²) in [5.41, 5.74) is 5.32. The number of aromatic nitrogens is 1. The van der Waals surface area contributed by atoms with Crippen LogP contribution in [0.5, 0.6) is 0 Å². The number of rotatable bonds is 8. The van der Waals surface area contributed by atoms with E-state index in [0.29, 0.717) is 12.0 Å². The molecule has 0 fully saturated rings. The third-order valence-electron chi connectivity index (χ3n) is 4.17. The average Bonchev–Trinajstić information content (AvgIpc) is 2.70. The number of nitrogens with two attached hydrogens (primary N) is 1. The largest absolute Gasteiger partial charge is 0.481 e. The van der Waals surface area contributed by atoms with E-state index in [1.165, 1.54) is 43.5 Å². The lowest BCUT2D eigenvalue weighted by Gasteiger charge is -2.18. The third-order valence-corrected chi connectivity index (χ3v) is 4.50. The normalized spacial score (nSPS) is 12.5. The Bertz CT molecular complexity index is 1050. The standard InChI is InChI=1S/C19H19ClN4O6/c1-10(17(28)22-12(9-25)8-16(26)27)24-6-2-3-15(19(24)30)23-18(29)11-4-5-14(21)13(20)7-11/h2-7,9-10,12H,8,21H2,1H3,(H,22,28)(H,23,29)(H,26,27)/t10?,12-/m0/s1. The molecule has 0 saturated heterocycles. The van der Waals surface area contributed by atoms with E-state index >= 15 is 0 Å². The number of hydrogen-bond donors (Lipinski definition) is 4. The van der Waals surface area contributed by atoms with Crippen molar-refractivity contribution >= 4 is 47.0 Å². The van der Waals surface area contributed by atoms with Crippen molar-refractivity contribution in [3.05, 3.63) is 57.5 Å². The molecule has 2 amide bonds. The fourth-order valence-electron chi connectivity index (χ4n) is 2.52. The number of carbonyl (C=O) groups excluding carboxylic acids is 3. The molecule has 2 atom stereocenters. The lowest BCUT2D eigenvalue weighted by atomic mass is 10.2. The van der Waals surface area contributed by atoms with Crippen LogP contribution in [0, 0.1) is 0 Å². The zero-order chi connectivity index (χ0) is 22.4. The van der Waals surface area contributed by atoms with E-state index in [0.717, 1.165) is 4.57 Å². The molecular formula is C19H19ClN4O6. The molecule has 0 radical (unpaired) electrons. The summed E-state index contributed by atoms with van der Waals surface area (Å²) < 4.78 is 1.05. The number of benzene rings is 1. The van der Waals surface area contributed by atoms with Gasteiger partial charge < -0.3 is 30.8 Å². The Kier molecular flexibility index (Phi) is 7.32. The maximum absolute atomic E-state index is 12.7. The first-order valence-corrected chi connectivity index (χ1v) is 9.06. The molecule has 0 saturated carbocycles. The number of halogens is 1. The molecule has 2 rings (SSSR count). The van der Waals surface area contributed by atoms with E-state index < -0.39 is 41.8 Å². The fourth-order valence-corrected chi connectivity index (χ4v) is 2.70. The van der Waals surface area contributed by atoms with Crippen LogP contribution in [-0.2, 0) is 14.4 Å². The SMILES string of the molecule is CC(C(=O)N[C@H](C=O)CC(=O)O)n1cccc(NC(=O)c2ccc(N)c(Cl)c2)c1=O. The highest BCUT2D eigenvalue weighted by Crippen LogP contribution is 2.20. The molecule has 0 aliphatic rings. The van der Waals surface area contributed by atoms with Crippen LogP contribution in [-0.4, -0.2) is 39.8 Å². The van der Waals surface area contributed by atoms with Crippen LogP contribution in [0.2, 0.25) is 5.02 Å². The van der Waals surface area contributed by atoms with Crippen molar-refractivity contribution in [3.8, 4) is 0 Å². The molecule has 0 aliphatic heterocycles. The van der Waals surface area contributed by atoms with E-state index in [-0.39, 0.29) is 16.3 Å². The molecule has 10 nitrogen and oxygen atoms in total. The number of amides is 2. The summed E-state index contributed by atoms with van der Waals surface area (Å²) in [4.78, 5) is 59.1. The minimum atomic E-state index is -1.26. The summed E-state index contributed by atoms with van der Waals surface area (Å²) in [5, 5.41) is 13.6. The van der Waals surface area contributed by atoms with Gasteiger partial charge in [0.25, 0.3) is 11.5 Å². The first kappa shape index (κ1) is 22.6. The smallest absolute Gasteiger partial charge is 0.305 e. The van der Waals surface area contributed by atoms with Crippen LogP contribution in [0.3, 0.4) is 0 Å². The maximum Gasteiger partial charge on any atom is 0.305 e. The van der Waals surface area contributed by atoms with E-state index in [1.54, 1.807) is 0 Å². The molecule has 1 aromatic heterocycles. The number of nitrogens with one attached hydrogen (secondary N) is 2. The summed E-state index contributed by atoms with van der Waals surface area (Å²) in [5.74, 6) is -2.60. The summed E-state index contributed by atoms with van der Waals surface area (Å²) in [6.45, 7) is 1.39. The van der Waals surface area contributed by atoms with Crippen molar-refractivity contribution in [2.24, 2.45) is 0 Å². The van der Waals surface area contributed by atoms with E-state index in [9.17, 15) is 24.0 Å². The van der Waals surface area contributed by atoms with Gasteiger partial charge >= 0.3 is 5.97 Å². The molecule has 0 aliphatic carbocycles. The quantitative estimate of drug-likeness (QED) is 0.356. The number of carbonyl (C=O) groups is 4. The lowest BCUT2D eigenvalue weighted by molar-refractivity contribution is -0.139. The summed E-state index contributed by atoms with van der Waals surface area (Å²) >= 11 is 5.90. The lowest BCUT2D eigenvalue weighted by Crippen LogP contribution is -2.43. The molecule has 30 heavy (non-hydrogen) atoms. The minimum Gasteiger partial charge on any atom is -0.481 e. The summed E-state index contributed by atoms with van der Waals surface area (Å²) in [6.07, 6.45) is 1.04. The number of hydrogen-bond acceptors (Lipinski definition) is 6. The molecule has 5 N–H and O–H groups in total. The Morgan fingerprint density at radius 3 is 2.60 bits per heavy atom. The molecule has 11 heteroatoms. The predicted molar refractivity (Wildman–Crippen MR) is 109 cm³/mol. The van der Waals surface area contributed by atoms with Crippen LogP contribution in [0.25, 0.3) is 0 Å². The van der Waals surface area contributed by atoms with Crippen LogP contribution >= 0.6 is 11.6 Å². The van der Waals surface area contributed by atoms with Crippen molar-refractivity contribution in [3.63, 3.8) is 0 Å². The third kappa shape index (κ3) is 5.45. The van der Waals surface area contributed by atoms with Gasteiger partial charge in [-0.25, -0.2) is 0 Å². The molecule has 1 unspecified atom stereocenters. The van der Waals surface area contributed by atoms with E-state index in [4.69, 9.17) is 22.4 Å². The highest BCUT2D eigenvalue weighted by Gasteiger charge is 2.22. The zero-order valence-corrected chi connectivity index (χ0v) is 16.6. The number of aliphatic carboxylic acids is 1. The second kappa shape index (κ2) is 9.70. The number of carboxylic acid groups (broad SMARTS) is 1. The number of nitrogens with zero attached hydrogens (tertiary/aromatic N) is 1. The van der Waals surface area contributed by atoms with Crippen LogP contribution < -0.4 is 21.9 Å². The number of nitrogen functional groups attached to an aromatic ring is 1. The number of carboxylic acids is 1. The van der Waals surface area contributed by atoms with Crippen LogP contribution in [0.1, 0.15) is 29.7 Å². The Morgan fingerprint density at radius 1 is 1.30 bits per heavy atom. The monoisotopic (exact) mass is 434 g/mol. The van der Waals surface area contributed by atoms with Gasteiger partial charge in [0.05, 0.1) is 23.2 Å². The molecule has 158 valence electrons. The van der Waals surface area contributed by atoms with Gasteiger partial charge in [0.1, 0.15) is 18.0 Å². The van der Waals surface area contributed by atoms with Gasteiger partial charge in [-0.3, -0.25) is 19.2 Å². The highest BCUT2D eigenvalue weighted by molar-refractivity contribution is 6.33. The molecule has 0 bridgehead atoms. The van der Waals surface area contributed by atoms with Crippen LogP contribution in [0.4, 0.5) is 11.4 Å². The van der Waals surface area contributed by atoms with Crippen molar-refractivity contribution < 1.29 is 24.3 Å². The van der Waals surface area contributed by atoms with Crippen molar-refractivity contribution in [1.29, 1.82) is 0 Å². The highest BCUT2D eigenvalue weighted by atomic mass is 35.5. The molecule has 1 heterocycles. The number of aldehydes is 1. The first-order chi connectivity index (χ1) is 14.1. The van der Waals surface area contributed by atoms with Crippen LogP contribution in [0.15, 0.2) is 41.3 Å². The topological polar surface area (TPSA) is 161 Å². The molecule has 1 aromatic carbocycles. The second-order valence-corrected chi connectivity index (χ2v) is 6.76. The van der Waals surface area contributed by atoms with Gasteiger partial charge in [-0.1, -0.05) is 11.6 Å². The van der Waals surface area contributed by atoms with Gasteiger partial charge in [0, 0.05) is 11.8 Å². The second-order valence-electron chi connectivity index (χ2n) is 6.35. The van der Waals surface area contributed by atoms with Crippen molar-refractivity contribution in [2.45, 2.75) is 25.4 Å². The number of anilines is 2. The summed E-state index contributed by atoms with van der Waals surface area (Å²) in [7, 11) is 0. The van der Waals surface area contributed by atoms with Crippen molar-refractivity contribution in [1.82, 2.24) is 9.88 Å². The minimum absolute atomic E-state index is 0.0902. The molecular weight excluding hydrogens is 416 g/mol. The zero-order valence-electron chi connectivity index (χ0n) is 15.8. The fraction of sp³-hybridized carbons (Fsp3) is 0.211. The molecule has 2 aromatic rings. The number of pyridine rings is 1. The van der Waals surface area contributed by atoms with E-state index in [1.807, 2.05) is 0 Å². The van der Waals surface area contributed by atoms with Gasteiger partial charge in [-0.2, -0.15) is 0 Å². The maximum atomic E-state index is 12.7. The predicted octanol–water partition coefficient (Wildman–Crippen LogP) is 1.06. The van der Waals surface area contributed by atoms with E-state index in [2.05, 4.69) is 10.6 Å². The first-order valence-electron chi connectivity index (χ1n) is 8.69. The average molecular weight is 435 g/mol. The summed E-state index contributed by atoms with van der Waals surface area (Å²) in [6, 6.07) is 4.75. The van der Waals surface area contributed by atoms with Gasteiger partial charge in [-0.15, -0.1) is 0 Å². The Morgan fingerprint density at radius 2 is 2.00 bits per heavy atom. The molecule has 0 spiro atoms. The Labute approximate surface area is 175 Å². The Hall–Kier alpha value is -3.66. The Balaban J connectivity index is 2.20. The van der Waals surface area contributed by atoms with Crippen molar-refractivity contribution in [2.75, 3.05) is 11.1 Å². The van der Waals surface area contributed by atoms with Gasteiger partial charge in [0.2, 0.25) is 5.91 Å². The van der Waals surface area contributed by atoms with Gasteiger partial charge in [-0.05, 0) is 37.3 Å².